The van der Waals surface area contributed by atoms with Crippen molar-refractivity contribution >= 4 is 16.9 Å². The van der Waals surface area contributed by atoms with Gasteiger partial charge in [0.25, 0.3) is 0 Å². The SMILES string of the molecule is CC(C)c1nc2c(n1C)CCN(c1nc(-c3ccccc3)c3ccccc3n1)C2. The number of nitrogens with zero attached hydrogens (tertiary/aromatic N) is 5. The van der Waals surface area contributed by atoms with E-state index in [0.29, 0.717) is 5.92 Å². The van der Waals surface area contributed by atoms with Crippen LogP contribution in [0.3, 0.4) is 0 Å². The van der Waals surface area contributed by atoms with Crippen LogP contribution in [-0.4, -0.2) is 26.1 Å². The van der Waals surface area contributed by atoms with E-state index < -0.39 is 0 Å². The lowest BCUT2D eigenvalue weighted by Gasteiger charge is -2.27. The van der Waals surface area contributed by atoms with Gasteiger partial charge in [0.2, 0.25) is 5.95 Å². The van der Waals surface area contributed by atoms with Crippen molar-refractivity contribution in [2.75, 3.05) is 11.4 Å². The highest BCUT2D eigenvalue weighted by atomic mass is 15.3. The number of aromatic nitrogens is 4. The number of benzene rings is 2. The van der Waals surface area contributed by atoms with Crippen molar-refractivity contribution in [3.63, 3.8) is 0 Å². The van der Waals surface area contributed by atoms with Crippen LogP contribution in [-0.2, 0) is 20.0 Å². The van der Waals surface area contributed by atoms with Gasteiger partial charge in [-0.3, -0.25) is 0 Å². The molecule has 5 rings (SSSR count). The standard InChI is InChI=1S/C24H25N5/c1-16(2)23-25-20-15-29(14-13-21(20)28(23)3)24-26-19-12-8-7-11-18(19)22(27-24)17-9-5-4-6-10-17/h4-12,16H,13-15H2,1-3H3. The van der Waals surface area contributed by atoms with Gasteiger partial charge in [-0.05, 0) is 6.07 Å². The molecule has 4 aromatic rings. The second kappa shape index (κ2) is 6.99. The summed E-state index contributed by atoms with van der Waals surface area (Å²) in [7, 11) is 2.14. The molecule has 0 aliphatic carbocycles. The van der Waals surface area contributed by atoms with Crippen LogP contribution in [0.2, 0.25) is 0 Å². The van der Waals surface area contributed by atoms with E-state index in [0.717, 1.165) is 59.1 Å². The Bertz CT molecular complexity index is 1180. The number of rotatable bonds is 3. The van der Waals surface area contributed by atoms with Crippen LogP contribution < -0.4 is 4.90 Å². The van der Waals surface area contributed by atoms with Crippen molar-refractivity contribution in [3.8, 4) is 11.3 Å². The summed E-state index contributed by atoms with van der Waals surface area (Å²) in [5.74, 6) is 2.35. The number of para-hydroxylation sites is 1. The lowest BCUT2D eigenvalue weighted by atomic mass is 10.1. The molecule has 0 radical (unpaired) electrons. The third-order valence-electron chi connectivity index (χ3n) is 5.73. The summed E-state index contributed by atoms with van der Waals surface area (Å²) >= 11 is 0. The number of imidazole rings is 1. The van der Waals surface area contributed by atoms with Crippen molar-refractivity contribution in [1.82, 2.24) is 19.5 Å². The van der Waals surface area contributed by atoms with Crippen molar-refractivity contribution < 1.29 is 0 Å². The maximum Gasteiger partial charge on any atom is 0.226 e. The van der Waals surface area contributed by atoms with E-state index in [4.69, 9.17) is 15.0 Å². The summed E-state index contributed by atoms with van der Waals surface area (Å²) in [6.07, 6.45) is 0.961. The van der Waals surface area contributed by atoms with Crippen LogP contribution in [0, 0.1) is 0 Å². The van der Waals surface area contributed by atoms with Gasteiger partial charge in [0.1, 0.15) is 5.82 Å². The summed E-state index contributed by atoms with van der Waals surface area (Å²) in [6, 6.07) is 18.6. The molecule has 2 aromatic heterocycles. The number of fused-ring (bicyclic) bond motifs is 2. The Balaban J connectivity index is 1.59. The highest BCUT2D eigenvalue weighted by molar-refractivity contribution is 5.93. The van der Waals surface area contributed by atoms with Crippen LogP contribution in [0.4, 0.5) is 5.95 Å². The van der Waals surface area contributed by atoms with Crippen molar-refractivity contribution in [3.05, 3.63) is 71.8 Å². The second-order valence-electron chi connectivity index (χ2n) is 8.00. The van der Waals surface area contributed by atoms with Gasteiger partial charge in [0.05, 0.1) is 23.4 Å². The number of hydrogen-bond donors (Lipinski definition) is 0. The van der Waals surface area contributed by atoms with E-state index in [1.54, 1.807) is 0 Å². The molecule has 0 bridgehead atoms. The van der Waals surface area contributed by atoms with Crippen LogP contribution >= 0.6 is 0 Å². The highest BCUT2D eigenvalue weighted by Gasteiger charge is 2.25. The van der Waals surface area contributed by atoms with Crippen molar-refractivity contribution in [2.45, 2.75) is 32.7 Å². The first-order chi connectivity index (χ1) is 14.1. The Hall–Kier alpha value is -3.21. The molecule has 0 amide bonds. The maximum absolute atomic E-state index is 5.01. The van der Waals surface area contributed by atoms with Crippen molar-refractivity contribution in [1.29, 1.82) is 0 Å². The predicted octanol–water partition coefficient (Wildman–Crippen LogP) is 4.72. The molecular formula is C24H25N5. The van der Waals surface area contributed by atoms with Gasteiger partial charge < -0.3 is 9.47 Å². The first kappa shape index (κ1) is 17.9. The van der Waals surface area contributed by atoms with Crippen LogP contribution in [0.15, 0.2) is 54.6 Å². The molecule has 0 saturated heterocycles. The molecular weight excluding hydrogens is 358 g/mol. The van der Waals surface area contributed by atoms with Gasteiger partial charge in [-0.2, -0.15) is 0 Å². The quantitative estimate of drug-likeness (QED) is 0.514. The molecule has 0 spiro atoms. The molecule has 0 N–H and O–H groups in total. The van der Waals surface area contributed by atoms with Crippen LogP contribution in [0.1, 0.15) is 37.0 Å². The zero-order valence-corrected chi connectivity index (χ0v) is 17.1. The minimum Gasteiger partial charge on any atom is -0.334 e. The largest absolute Gasteiger partial charge is 0.334 e. The molecule has 3 heterocycles. The summed E-state index contributed by atoms with van der Waals surface area (Å²) in [4.78, 5) is 17.1. The van der Waals surface area contributed by atoms with E-state index in [1.165, 1.54) is 5.69 Å². The molecule has 1 aliphatic heterocycles. The predicted molar refractivity (Wildman–Crippen MR) is 117 cm³/mol. The third kappa shape index (κ3) is 3.07. The third-order valence-corrected chi connectivity index (χ3v) is 5.73. The first-order valence-electron chi connectivity index (χ1n) is 10.2. The topological polar surface area (TPSA) is 46.8 Å². The second-order valence-corrected chi connectivity index (χ2v) is 8.00. The Morgan fingerprint density at radius 2 is 1.66 bits per heavy atom. The molecule has 0 atom stereocenters. The zero-order valence-electron chi connectivity index (χ0n) is 17.1. The molecule has 1 aliphatic rings. The molecule has 146 valence electrons. The van der Waals surface area contributed by atoms with Crippen LogP contribution in [0.5, 0.6) is 0 Å². The van der Waals surface area contributed by atoms with Gasteiger partial charge in [-0.25, -0.2) is 15.0 Å². The normalized spacial score (nSPS) is 13.9. The van der Waals surface area contributed by atoms with Gasteiger partial charge in [-0.15, -0.1) is 0 Å². The van der Waals surface area contributed by atoms with E-state index in [1.807, 2.05) is 18.2 Å². The smallest absolute Gasteiger partial charge is 0.226 e. The monoisotopic (exact) mass is 383 g/mol. The average molecular weight is 383 g/mol. The first-order valence-corrected chi connectivity index (χ1v) is 10.2. The molecule has 0 fully saturated rings. The summed E-state index contributed by atoms with van der Waals surface area (Å²) < 4.78 is 2.27. The summed E-state index contributed by atoms with van der Waals surface area (Å²) in [5.41, 5.74) is 5.58. The average Bonchev–Trinajstić information content (AvgIpc) is 3.10. The van der Waals surface area contributed by atoms with Gasteiger partial charge >= 0.3 is 0 Å². The highest BCUT2D eigenvalue weighted by Crippen LogP contribution is 2.30. The zero-order chi connectivity index (χ0) is 20.0. The lowest BCUT2D eigenvalue weighted by molar-refractivity contribution is 0.654. The minimum absolute atomic E-state index is 0.417. The fraction of sp³-hybridized carbons (Fsp3) is 0.292. The summed E-state index contributed by atoms with van der Waals surface area (Å²) in [6.45, 7) is 6.05. The van der Waals surface area contributed by atoms with Crippen LogP contribution in [0.25, 0.3) is 22.2 Å². The Morgan fingerprint density at radius 1 is 0.897 bits per heavy atom. The Kier molecular flexibility index (Phi) is 4.31. The van der Waals surface area contributed by atoms with Crippen molar-refractivity contribution in [2.24, 2.45) is 7.05 Å². The minimum atomic E-state index is 0.417. The fourth-order valence-corrected chi connectivity index (χ4v) is 4.26. The molecule has 29 heavy (non-hydrogen) atoms. The van der Waals surface area contributed by atoms with Gasteiger partial charge in [-0.1, -0.05) is 62.4 Å². The number of anilines is 1. The molecule has 5 nitrogen and oxygen atoms in total. The molecule has 0 unspecified atom stereocenters. The Labute approximate surface area is 171 Å². The van der Waals surface area contributed by atoms with E-state index in [-0.39, 0.29) is 0 Å². The molecule has 0 saturated carbocycles. The molecule has 5 heteroatoms. The van der Waals surface area contributed by atoms with Gasteiger partial charge in [0, 0.05) is 42.6 Å². The number of hydrogen-bond acceptors (Lipinski definition) is 4. The maximum atomic E-state index is 5.01. The summed E-state index contributed by atoms with van der Waals surface area (Å²) in [5, 5.41) is 1.08. The van der Waals surface area contributed by atoms with Gasteiger partial charge in [0.15, 0.2) is 0 Å². The van der Waals surface area contributed by atoms with E-state index in [2.05, 4.69) is 66.8 Å². The van der Waals surface area contributed by atoms with E-state index in [9.17, 15) is 0 Å². The van der Waals surface area contributed by atoms with E-state index >= 15 is 0 Å². The fourth-order valence-electron chi connectivity index (χ4n) is 4.26. The lowest BCUT2D eigenvalue weighted by Crippen LogP contribution is -2.32. The molecule has 2 aromatic carbocycles. The Morgan fingerprint density at radius 3 is 2.45 bits per heavy atom.